The Morgan fingerprint density at radius 2 is 1.52 bits per heavy atom. The summed E-state index contributed by atoms with van der Waals surface area (Å²) in [6.45, 7) is 11.9. The summed E-state index contributed by atoms with van der Waals surface area (Å²) < 4.78 is 11.0. The van der Waals surface area contributed by atoms with Crippen molar-refractivity contribution in [2.75, 3.05) is 85.8 Å². The van der Waals surface area contributed by atoms with Crippen molar-refractivity contribution in [3.8, 4) is 0 Å². The third kappa shape index (κ3) is 6.89. The molecule has 0 aromatic rings. The molecule has 27 heavy (non-hydrogen) atoms. The fraction of sp³-hybridized carbons (Fsp3) is 0.950. The lowest BCUT2D eigenvalue weighted by Crippen LogP contribution is -2.51. The first-order valence-corrected chi connectivity index (χ1v) is 10.8. The van der Waals surface area contributed by atoms with Gasteiger partial charge in [0.25, 0.3) is 0 Å². The lowest BCUT2D eigenvalue weighted by molar-refractivity contribution is 0.00819. The predicted molar refractivity (Wildman–Crippen MR) is 109 cm³/mol. The third-order valence-electron chi connectivity index (χ3n) is 6.26. The molecular weight excluding hydrogens is 342 g/mol. The minimum atomic E-state index is 0.372. The molecule has 2 aliphatic heterocycles. The van der Waals surface area contributed by atoms with Crippen LogP contribution < -0.4 is 10.6 Å². The Labute approximate surface area is 164 Å². The van der Waals surface area contributed by atoms with Crippen molar-refractivity contribution in [3.63, 3.8) is 0 Å². The van der Waals surface area contributed by atoms with Crippen LogP contribution in [0.25, 0.3) is 0 Å². The first-order chi connectivity index (χ1) is 13.3. The molecule has 0 unspecified atom stereocenters. The van der Waals surface area contributed by atoms with E-state index in [1.807, 2.05) is 7.05 Å². The van der Waals surface area contributed by atoms with Crippen molar-refractivity contribution < 1.29 is 9.47 Å². The number of nitrogens with one attached hydrogen (secondary N) is 2. The van der Waals surface area contributed by atoms with E-state index in [4.69, 9.17) is 9.47 Å². The topological polar surface area (TPSA) is 61.4 Å². The fourth-order valence-corrected chi connectivity index (χ4v) is 4.58. The van der Waals surface area contributed by atoms with Crippen LogP contribution >= 0.6 is 0 Å². The summed E-state index contributed by atoms with van der Waals surface area (Å²) in [5.41, 5.74) is 0.372. The molecule has 2 N–H and O–H groups in total. The van der Waals surface area contributed by atoms with E-state index in [2.05, 4.69) is 25.4 Å². The maximum Gasteiger partial charge on any atom is 0.191 e. The molecule has 7 heteroatoms. The molecule has 3 fully saturated rings. The van der Waals surface area contributed by atoms with Gasteiger partial charge >= 0.3 is 0 Å². The normalized spacial score (nSPS) is 25.3. The number of nitrogens with zero attached hydrogens (tertiary/aromatic N) is 3. The van der Waals surface area contributed by atoms with Crippen LogP contribution in [0.5, 0.6) is 0 Å². The minimum absolute atomic E-state index is 0.372. The van der Waals surface area contributed by atoms with Crippen LogP contribution in [0.3, 0.4) is 0 Å². The van der Waals surface area contributed by atoms with Crippen molar-refractivity contribution >= 4 is 5.96 Å². The molecule has 0 aromatic carbocycles. The van der Waals surface area contributed by atoms with Crippen LogP contribution in [0.1, 0.15) is 32.1 Å². The molecule has 0 spiro atoms. The molecule has 3 rings (SSSR count). The smallest absolute Gasteiger partial charge is 0.191 e. The highest BCUT2D eigenvalue weighted by atomic mass is 16.5. The lowest BCUT2D eigenvalue weighted by Gasteiger charge is -2.42. The quantitative estimate of drug-likeness (QED) is 0.502. The molecule has 0 aromatic heterocycles. The van der Waals surface area contributed by atoms with Gasteiger partial charge in [-0.1, -0.05) is 19.3 Å². The molecule has 1 aliphatic carbocycles. The zero-order valence-electron chi connectivity index (χ0n) is 17.2. The van der Waals surface area contributed by atoms with Gasteiger partial charge in [0.05, 0.1) is 26.4 Å². The second-order valence-corrected chi connectivity index (χ2v) is 8.26. The second-order valence-electron chi connectivity index (χ2n) is 8.26. The van der Waals surface area contributed by atoms with Gasteiger partial charge in [-0.25, -0.2) is 0 Å². The monoisotopic (exact) mass is 381 g/mol. The SMILES string of the molecule is CN=C(NCCN1CCOCC1)NCC1(CN2CCOCC2)CCCCC1. The van der Waals surface area contributed by atoms with Crippen LogP contribution in [-0.4, -0.2) is 102 Å². The van der Waals surface area contributed by atoms with Crippen LogP contribution in [0.15, 0.2) is 4.99 Å². The van der Waals surface area contributed by atoms with Crippen LogP contribution in [0.4, 0.5) is 0 Å². The van der Waals surface area contributed by atoms with Gasteiger partial charge in [-0.15, -0.1) is 0 Å². The maximum atomic E-state index is 5.53. The Morgan fingerprint density at radius 1 is 0.889 bits per heavy atom. The summed E-state index contributed by atoms with van der Waals surface area (Å²) in [5.74, 6) is 0.940. The summed E-state index contributed by atoms with van der Waals surface area (Å²) in [7, 11) is 1.87. The van der Waals surface area contributed by atoms with Crippen LogP contribution in [-0.2, 0) is 9.47 Å². The van der Waals surface area contributed by atoms with Gasteiger partial charge in [0.1, 0.15) is 0 Å². The summed E-state index contributed by atoms with van der Waals surface area (Å²) in [6, 6.07) is 0. The number of aliphatic imine (C=N–C) groups is 1. The molecule has 0 amide bonds. The Bertz CT molecular complexity index is 442. The highest BCUT2D eigenvalue weighted by molar-refractivity contribution is 5.79. The molecular formula is C20H39N5O2. The first kappa shape index (κ1) is 20.8. The Hall–Kier alpha value is -0.890. The number of hydrogen-bond acceptors (Lipinski definition) is 5. The van der Waals surface area contributed by atoms with Gasteiger partial charge in [-0.3, -0.25) is 14.8 Å². The molecule has 1 saturated carbocycles. The lowest BCUT2D eigenvalue weighted by atomic mass is 9.73. The third-order valence-corrected chi connectivity index (χ3v) is 6.26. The second kappa shape index (κ2) is 11.2. The van der Waals surface area contributed by atoms with E-state index in [0.29, 0.717) is 5.41 Å². The fourth-order valence-electron chi connectivity index (χ4n) is 4.58. The van der Waals surface area contributed by atoms with Crippen molar-refractivity contribution in [1.82, 2.24) is 20.4 Å². The molecule has 7 nitrogen and oxygen atoms in total. The molecule has 3 aliphatic rings. The zero-order chi connectivity index (χ0) is 18.8. The highest BCUT2D eigenvalue weighted by Crippen LogP contribution is 2.36. The number of ether oxygens (including phenoxy) is 2. The van der Waals surface area contributed by atoms with Crippen molar-refractivity contribution in [3.05, 3.63) is 0 Å². The number of guanidine groups is 1. The van der Waals surface area contributed by atoms with Gasteiger partial charge < -0.3 is 20.1 Å². The highest BCUT2D eigenvalue weighted by Gasteiger charge is 2.34. The standard InChI is InChI=1S/C20H39N5O2/c1-21-19(22-7-8-24-9-13-26-14-10-24)23-17-20(5-3-2-4-6-20)18-25-11-15-27-16-12-25/h2-18H2,1H3,(H2,21,22,23). The van der Waals surface area contributed by atoms with Gasteiger partial charge in [-0.2, -0.15) is 0 Å². The molecule has 156 valence electrons. The van der Waals surface area contributed by atoms with Gasteiger partial charge in [0.2, 0.25) is 0 Å². The van der Waals surface area contributed by atoms with Gasteiger partial charge in [0, 0.05) is 64.8 Å². The molecule has 2 saturated heterocycles. The van der Waals surface area contributed by atoms with E-state index in [0.717, 1.165) is 78.2 Å². The minimum Gasteiger partial charge on any atom is -0.379 e. The van der Waals surface area contributed by atoms with E-state index in [9.17, 15) is 0 Å². The first-order valence-electron chi connectivity index (χ1n) is 10.8. The zero-order valence-corrected chi connectivity index (χ0v) is 17.2. The molecule has 0 atom stereocenters. The maximum absolute atomic E-state index is 5.53. The summed E-state index contributed by atoms with van der Waals surface area (Å²) in [6.07, 6.45) is 6.74. The van der Waals surface area contributed by atoms with E-state index < -0.39 is 0 Å². The van der Waals surface area contributed by atoms with Crippen LogP contribution in [0.2, 0.25) is 0 Å². The van der Waals surface area contributed by atoms with Gasteiger partial charge in [-0.05, 0) is 12.8 Å². The Kier molecular flexibility index (Phi) is 8.64. The molecule has 0 bridgehead atoms. The van der Waals surface area contributed by atoms with Crippen molar-refractivity contribution in [2.24, 2.45) is 10.4 Å². The predicted octanol–water partition coefficient (Wildman–Crippen LogP) is 0.766. The number of rotatable bonds is 7. The Morgan fingerprint density at radius 3 is 2.15 bits per heavy atom. The summed E-state index contributed by atoms with van der Waals surface area (Å²) in [5, 5.41) is 7.15. The largest absolute Gasteiger partial charge is 0.379 e. The average molecular weight is 382 g/mol. The molecule has 0 radical (unpaired) electrons. The van der Waals surface area contributed by atoms with Crippen molar-refractivity contribution in [2.45, 2.75) is 32.1 Å². The van der Waals surface area contributed by atoms with E-state index in [1.54, 1.807) is 0 Å². The van der Waals surface area contributed by atoms with Gasteiger partial charge in [0.15, 0.2) is 5.96 Å². The summed E-state index contributed by atoms with van der Waals surface area (Å²) >= 11 is 0. The van der Waals surface area contributed by atoms with Crippen LogP contribution in [0, 0.1) is 5.41 Å². The van der Waals surface area contributed by atoms with E-state index >= 15 is 0 Å². The summed E-state index contributed by atoms with van der Waals surface area (Å²) in [4.78, 5) is 9.50. The number of morpholine rings is 2. The Balaban J connectivity index is 1.44. The molecule has 2 heterocycles. The number of hydrogen-bond donors (Lipinski definition) is 2. The average Bonchev–Trinajstić information content (AvgIpc) is 2.73. The van der Waals surface area contributed by atoms with Crippen molar-refractivity contribution in [1.29, 1.82) is 0 Å². The van der Waals surface area contributed by atoms with E-state index in [1.165, 1.54) is 38.6 Å². The van der Waals surface area contributed by atoms with E-state index in [-0.39, 0.29) is 0 Å².